The number of ether oxygens (including phenoxy) is 4. The second-order valence-electron chi connectivity index (χ2n) is 12.9. The Morgan fingerprint density at radius 3 is 2.11 bits per heavy atom. The lowest BCUT2D eigenvalue weighted by atomic mass is 9.96. The molecule has 1 unspecified atom stereocenters. The molecule has 4 heterocycles. The number of methoxy groups -OCH3 is 2. The number of hydrogen-bond donors (Lipinski definition) is 1. The number of piperidine rings is 1. The average Bonchev–Trinajstić information content (AvgIpc) is 3.41. The number of nitrogens with two attached hydrogens (primary N) is 1. The molecule has 2 saturated heterocycles. The summed E-state index contributed by atoms with van der Waals surface area (Å²) in [6.45, 7) is 7.71. The van der Waals surface area contributed by atoms with Gasteiger partial charge in [0.1, 0.15) is 5.60 Å². The Labute approximate surface area is 258 Å². The average molecular weight is 604 g/mol. The van der Waals surface area contributed by atoms with Crippen molar-refractivity contribution in [1.82, 2.24) is 9.80 Å². The van der Waals surface area contributed by atoms with Crippen molar-refractivity contribution in [3.05, 3.63) is 35.4 Å². The number of benzene rings is 2. The Bertz CT molecular complexity index is 1530. The number of carbonyl (C=O) groups excluding carboxylic acids is 2. The van der Waals surface area contributed by atoms with E-state index >= 15 is 0 Å². The molecule has 11 heteroatoms. The predicted octanol–water partition coefficient (Wildman–Crippen LogP) is 4.89. The van der Waals surface area contributed by atoms with E-state index in [1.54, 1.807) is 38.3 Å². The van der Waals surface area contributed by atoms with Crippen molar-refractivity contribution in [1.29, 1.82) is 0 Å². The minimum Gasteiger partial charge on any atom is -0.493 e. The lowest BCUT2D eigenvalue weighted by Gasteiger charge is -2.36. The predicted molar refractivity (Wildman–Crippen MR) is 168 cm³/mol. The lowest BCUT2D eigenvalue weighted by Crippen LogP contribution is -2.50. The van der Waals surface area contributed by atoms with Gasteiger partial charge >= 0.3 is 0 Å². The first-order valence-corrected chi connectivity index (χ1v) is 15.3. The zero-order chi connectivity index (χ0) is 31.2. The van der Waals surface area contributed by atoms with E-state index in [9.17, 15) is 9.59 Å². The maximum absolute atomic E-state index is 13.3. The summed E-state index contributed by atoms with van der Waals surface area (Å²) >= 11 is 0. The second kappa shape index (κ2) is 11.4. The molecule has 2 amide bonds. The number of carbonyl (C=O) groups is 2. The van der Waals surface area contributed by atoms with Crippen LogP contribution < -0.4 is 24.7 Å². The van der Waals surface area contributed by atoms with Crippen molar-refractivity contribution in [2.75, 3.05) is 33.9 Å². The van der Waals surface area contributed by atoms with E-state index < -0.39 is 11.3 Å². The van der Waals surface area contributed by atoms with E-state index in [2.05, 4.69) is 9.98 Å². The molecule has 0 aliphatic carbocycles. The van der Waals surface area contributed by atoms with Crippen molar-refractivity contribution >= 4 is 35.6 Å². The molecular weight excluding hydrogens is 562 g/mol. The number of nitrogens with zero attached hydrogens (tertiary/aromatic N) is 4. The number of rotatable bonds is 8. The zero-order valence-corrected chi connectivity index (χ0v) is 26.1. The van der Waals surface area contributed by atoms with Gasteiger partial charge in [-0.15, -0.1) is 0 Å². The third-order valence-corrected chi connectivity index (χ3v) is 8.65. The van der Waals surface area contributed by atoms with Crippen molar-refractivity contribution in [3.63, 3.8) is 0 Å². The largest absolute Gasteiger partial charge is 0.493 e. The van der Waals surface area contributed by atoms with Gasteiger partial charge in [0.15, 0.2) is 28.7 Å². The topological polar surface area (TPSA) is 128 Å². The van der Waals surface area contributed by atoms with Crippen LogP contribution in [0.4, 0.5) is 11.4 Å². The van der Waals surface area contributed by atoms with Crippen molar-refractivity contribution in [2.24, 2.45) is 21.6 Å². The third kappa shape index (κ3) is 5.85. The number of amides is 2. The summed E-state index contributed by atoms with van der Waals surface area (Å²) < 4.78 is 24.1. The first kappa shape index (κ1) is 29.9. The molecule has 11 nitrogen and oxygen atoms in total. The van der Waals surface area contributed by atoms with Crippen LogP contribution in [0.3, 0.4) is 0 Å². The van der Waals surface area contributed by atoms with E-state index in [1.165, 1.54) is 7.11 Å². The molecule has 0 radical (unpaired) electrons. The highest BCUT2D eigenvalue weighted by Crippen LogP contribution is 2.42. The summed E-state index contributed by atoms with van der Waals surface area (Å²) in [4.78, 5) is 39.7. The fraction of sp³-hybridized carbons (Fsp3) is 0.515. The highest BCUT2D eigenvalue weighted by atomic mass is 16.5. The standard InChI is InChI=1S/C33H41N5O6/c1-32(2,43-28-14-25-23(13-26(28)41-4)31(40)38-11-7-9-21(38)17-36-25)19-33(3,34)44-29-15-24-22(12-27(29)42-5)30(39)37-10-6-8-20(18-37)16-35-24/h12-17,20-21H,6-11,18-19,34H2,1-5H3/t20-,21+,33?/m1/s1. The molecule has 3 atom stereocenters. The molecule has 2 aromatic carbocycles. The highest BCUT2D eigenvalue weighted by Gasteiger charge is 2.37. The molecule has 4 aliphatic heterocycles. The zero-order valence-electron chi connectivity index (χ0n) is 26.1. The Morgan fingerprint density at radius 1 is 0.818 bits per heavy atom. The summed E-state index contributed by atoms with van der Waals surface area (Å²) in [6.07, 6.45) is 7.88. The maximum Gasteiger partial charge on any atom is 0.256 e. The molecule has 44 heavy (non-hydrogen) atoms. The van der Waals surface area contributed by atoms with Gasteiger partial charge in [-0.1, -0.05) is 0 Å². The van der Waals surface area contributed by atoms with E-state index in [-0.39, 0.29) is 30.2 Å². The van der Waals surface area contributed by atoms with Crippen LogP contribution in [-0.4, -0.2) is 85.3 Å². The van der Waals surface area contributed by atoms with Crippen LogP contribution in [0.5, 0.6) is 23.0 Å². The SMILES string of the molecule is COc1cc2c(cc1OC(C)(C)CC(C)(N)Oc1cc3c(cc1OC)C(=O)N1CCC[C@H](C=N3)C1)N=C[C@@H]1CCCN1C2=O. The van der Waals surface area contributed by atoms with Crippen LogP contribution in [0.2, 0.25) is 0 Å². The van der Waals surface area contributed by atoms with Gasteiger partial charge < -0.3 is 28.7 Å². The molecule has 0 saturated carbocycles. The van der Waals surface area contributed by atoms with Gasteiger partial charge in [-0.05, 0) is 58.6 Å². The van der Waals surface area contributed by atoms with Gasteiger partial charge in [-0.25, -0.2) is 0 Å². The molecule has 2 fully saturated rings. The van der Waals surface area contributed by atoms with E-state index in [4.69, 9.17) is 24.7 Å². The normalized spacial score (nSPS) is 22.2. The first-order chi connectivity index (χ1) is 21.0. The maximum atomic E-state index is 13.3. The Morgan fingerprint density at radius 2 is 1.43 bits per heavy atom. The molecule has 4 aliphatic rings. The summed E-state index contributed by atoms with van der Waals surface area (Å²) in [7, 11) is 3.08. The molecular formula is C33H41N5O6. The summed E-state index contributed by atoms with van der Waals surface area (Å²) in [5, 5.41) is 0. The minimum atomic E-state index is -1.21. The van der Waals surface area contributed by atoms with Crippen molar-refractivity contribution in [2.45, 2.75) is 70.2 Å². The molecule has 2 N–H and O–H groups in total. The van der Waals surface area contributed by atoms with Crippen LogP contribution in [0.1, 0.15) is 73.6 Å². The fourth-order valence-corrected chi connectivity index (χ4v) is 6.79. The molecule has 0 aromatic heterocycles. The van der Waals surface area contributed by atoms with Crippen LogP contribution in [0, 0.1) is 5.92 Å². The summed E-state index contributed by atoms with van der Waals surface area (Å²) in [5.74, 6) is 1.79. The van der Waals surface area contributed by atoms with Crippen LogP contribution >= 0.6 is 0 Å². The van der Waals surface area contributed by atoms with E-state index in [0.717, 1.165) is 32.2 Å². The third-order valence-electron chi connectivity index (χ3n) is 8.65. The quantitative estimate of drug-likeness (QED) is 0.426. The van der Waals surface area contributed by atoms with Crippen molar-refractivity contribution in [3.8, 4) is 23.0 Å². The summed E-state index contributed by atoms with van der Waals surface area (Å²) in [5.41, 5.74) is 6.74. The number of aliphatic imine (C=N–C) groups is 2. The van der Waals surface area contributed by atoms with Gasteiger partial charge in [-0.2, -0.15) is 0 Å². The Balaban J connectivity index is 1.23. The number of hydrogen-bond acceptors (Lipinski definition) is 9. The van der Waals surface area contributed by atoms with Gasteiger partial charge in [0, 0.05) is 56.5 Å². The Hall–Kier alpha value is -4.12. The lowest BCUT2D eigenvalue weighted by molar-refractivity contribution is -0.00440. The molecule has 6 rings (SSSR count). The number of fused-ring (bicyclic) bond motifs is 5. The minimum absolute atomic E-state index is 0.00663. The smallest absolute Gasteiger partial charge is 0.256 e. The molecule has 234 valence electrons. The fourth-order valence-electron chi connectivity index (χ4n) is 6.79. The molecule has 2 aromatic rings. The monoisotopic (exact) mass is 603 g/mol. The van der Waals surface area contributed by atoms with Gasteiger partial charge in [0.2, 0.25) is 0 Å². The van der Waals surface area contributed by atoms with Gasteiger partial charge in [-0.3, -0.25) is 25.3 Å². The van der Waals surface area contributed by atoms with Crippen molar-refractivity contribution < 1.29 is 28.5 Å². The summed E-state index contributed by atoms with van der Waals surface area (Å²) in [6, 6.07) is 6.87. The van der Waals surface area contributed by atoms with Crippen LogP contribution in [0.25, 0.3) is 0 Å². The van der Waals surface area contributed by atoms with Gasteiger partial charge in [0.25, 0.3) is 11.8 Å². The molecule has 0 spiro atoms. The van der Waals surface area contributed by atoms with Crippen LogP contribution in [-0.2, 0) is 0 Å². The van der Waals surface area contributed by atoms with E-state index in [1.807, 2.05) is 36.1 Å². The molecule has 2 bridgehead atoms. The highest BCUT2D eigenvalue weighted by molar-refractivity contribution is 6.03. The van der Waals surface area contributed by atoms with E-state index in [0.29, 0.717) is 58.6 Å². The van der Waals surface area contributed by atoms with Crippen LogP contribution in [0.15, 0.2) is 34.3 Å². The first-order valence-electron chi connectivity index (χ1n) is 15.3. The van der Waals surface area contributed by atoms with Gasteiger partial charge in [0.05, 0.1) is 42.8 Å². The Kier molecular flexibility index (Phi) is 7.77. The second-order valence-corrected chi connectivity index (χ2v) is 12.9.